The highest BCUT2D eigenvalue weighted by molar-refractivity contribution is 7.84. The SMILES string of the molecule is Nc1ncnc2c1ccn2[C@@H]1O[C@@H]2CCOP(=O)(O)O[C@H]3[C@@H](F)[C@H](n4cnc5c(N)ncnc54)O[C@@H]3CNS(=O)(=O)O[C@H]2[C@H]1O. The summed E-state index contributed by atoms with van der Waals surface area (Å²) in [6, 6.07) is 1.59. The van der Waals surface area contributed by atoms with Crippen molar-refractivity contribution < 1.29 is 50.1 Å². The highest BCUT2D eigenvalue weighted by Crippen LogP contribution is 2.50. The van der Waals surface area contributed by atoms with Crippen LogP contribution in [0.2, 0.25) is 0 Å². The molecule has 7 rings (SSSR count). The maximum atomic E-state index is 15.9. The van der Waals surface area contributed by atoms with Crippen LogP contribution in [0.25, 0.3) is 22.2 Å². The van der Waals surface area contributed by atoms with Gasteiger partial charge in [-0.3, -0.25) is 13.6 Å². The normalized spacial score (nSPS) is 35.8. The van der Waals surface area contributed by atoms with Gasteiger partial charge in [0.1, 0.15) is 54.1 Å². The van der Waals surface area contributed by atoms with E-state index < -0.39 is 80.4 Å². The second kappa shape index (κ2) is 11.1. The van der Waals surface area contributed by atoms with E-state index in [9.17, 15) is 23.0 Å². The number of aliphatic hydroxyl groups excluding tert-OH is 1. The molecule has 0 amide bonds. The zero-order chi connectivity index (χ0) is 31.7. The molecule has 20 nitrogen and oxygen atoms in total. The first-order chi connectivity index (χ1) is 21.4. The number of nitrogen functional groups attached to an aromatic ring is 2. The Bertz CT molecular complexity index is 1910. The first kappa shape index (κ1) is 30.2. The number of nitrogens with two attached hydrogens (primary N) is 2. The molecule has 0 aromatic carbocycles. The molecule has 0 saturated carbocycles. The molecular weight excluding hydrogens is 646 g/mol. The maximum Gasteiger partial charge on any atom is 0.472 e. The molecule has 45 heavy (non-hydrogen) atoms. The molecule has 3 aliphatic rings. The molecule has 4 aromatic rings. The Hall–Kier alpha value is -3.44. The molecule has 3 fully saturated rings. The lowest BCUT2D eigenvalue weighted by Crippen LogP contribution is -2.44. The Morgan fingerprint density at radius 3 is 2.53 bits per heavy atom. The number of aliphatic hydroxyl groups is 1. The number of rotatable bonds is 2. The van der Waals surface area contributed by atoms with Crippen molar-refractivity contribution in [2.24, 2.45) is 0 Å². The molecule has 7 heterocycles. The Labute approximate surface area is 252 Å². The van der Waals surface area contributed by atoms with Gasteiger partial charge in [0.25, 0.3) is 0 Å². The van der Waals surface area contributed by atoms with Gasteiger partial charge in [-0.15, -0.1) is 0 Å². The second-order valence-electron chi connectivity index (χ2n) is 10.4. The summed E-state index contributed by atoms with van der Waals surface area (Å²) >= 11 is 0. The average Bonchev–Trinajstić information content (AvgIpc) is 3.74. The number of ether oxygens (including phenoxy) is 2. The van der Waals surface area contributed by atoms with E-state index in [2.05, 4.69) is 29.6 Å². The third kappa shape index (κ3) is 5.41. The minimum Gasteiger partial charge on any atom is -0.386 e. The van der Waals surface area contributed by atoms with Gasteiger partial charge in [-0.05, 0) is 6.07 Å². The predicted octanol–water partition coefficient (Wildman–Crippen LogP) is -0.945. The minimum absolute atomic E-state index is 0.0186. The quantitative estimate of drug-likeness (QED) is 0.161. The monoisotopic (exact) mass is 672 g/mol. The van der Waals surface area contributed by atoms with Gasteiger partial charge in [0, 0.05) is 19.2 Å². The van der Waals surface area contributed by atoms with Crippen molar-refractivity contribution in [3.05, 3.63) is 31.2 Å². The Morgan fingerprint density at radius 1 is 1.00 bits per heavy atom. The summed E-state index contributed by atoms with van der Waals surface area (Å²) in [5.41, 5.74) is 12.3. The summed E-state index contributed by atoms with van der Waals surface area (Å²) in [4.78, 5) is 30.5. The summed E-state index contributed by atoms with van der Waals surface area (Å²) in [6.45, 7) is -1.21. The summed E-state index contributed by atoms with van der Waals surface area (Å²) in [5.74, 6) is 0.192. The lowest BCUT2D eigenvalue weighted by molar-refractivity contribution is -0.0411. The van der Waals surface area contributed by atoms with Crippen molar-refractivity contribution in [1.82, 2.24) is 38.8 Å². The van der Waals surface area contributed by atoms with Crippen LogP contribution < -0.4 is 16.2 Å². The van der Waals surface area contributed by atoms with E-state index in [0.29, 0.717) is 11.0 Å². The van der Waals surface area contributed by atoms with E-state index in [4.69, 9.17) is 34.2 Å². The van der Waals surface area contributed by atoms with Crippen molar-refractivity contribution in [2.45, 2.75) is 55.6 Å². The maximum absolute atomic E-state index is 15.9. The van der Waals surface area contributed by atoms with Crippen LogP contribution in [0.15, 0.2) is 31.2 Å². The second-order valence-corrected chi connectivity index (χ2v) is 13.2. The number of phosphoric acid groups is 1. The van der Waals surface area contributed by atoms with Crippen molar-refractivity contribution >= 4 is 52.0 Å². The molecule has 1 unspecified atom stereocenters. The fraction of sp³-hybridized carbons (Fsp3) is 0.500. The van der Waals surface area contributed by atoms with Gasteiger partial charge >= 0.3 is 18.1 Å². The molecule has 0 bridgehead atoms. The fourth-order valence-electron chi connectivity index (χ4n) is 5.59. The van der Waals surface area contributed by atoms with Gasteiger partial charge in [-0.1, -0.05) is 0 Å². The topological polar surface area (TPSA) is 276 Å². The molecule has 242 valence electrons. The van der Waals surface area contributed by atoms with Crippen molar-refractivity contribution in [3.8, 4) is 0 Å². The van der Waals surface area contributed by atoms with Gasteiger partial charge in [-0.2, -0.15) is 13.1 Å². The van der Waals surface area contributed by atoms with Crippen molar-refractivity contribution in [3.63, 3.8) is 0 Å². The van der Waals surface area contributed by atoms with E-state index in [1.165, 1.54) is 28.0 Å². The third-order valence-corrected chi connectivity index (χ3v) is 9.68. The number of anilines is 2. The molecule has 23 heteroatoms. The first-order valence-corrected chi connectivity index (χ1v) is 16.3. The molecule has 4 aromatic heterocycles. The summed E-state index contributed by atoms with van der Waals surface area (Å²) < 4.78 is 87.1. The first-order valence-electron chi connectivity index (χ1n) is 13.4. The highest BCUT2D eigenvalue weighted by Gasteiger charge is 2.52. The van der Waals surface area contributed by atoms with Gasteiger partial charge in [0.15, 0.2) is 30.1 Å². The highest BCUT2D eigenvalue weighted by atomic mass is 32.2. The average molecular weight is 673 g/mol. The zero-order valence-electron chi connectivity index (χ0n) is 22.8. The van der Waals surface area contributed by atoms with Crippen molar-refractivity contribution in [2.75, 3.05) is 24.6 Å². The summed E-state index contributed by atoms with van der Waals surface area (Å²) in [7, 11) is -9.65. The van der Waals surface area contributed by atoms with Gasteiger partial charge in [0.2, 0.25) is 0 Å². The van der Waals surface area contributed by atoms with Crippen LogP contribution in [0, 0.1) is 0 Å². The number of halogens is 1. The number of nitrogens with one attached hydrogen (secondary N) is 1. The summed E-state index contributed by atoms with van der Waals surface area (Å²) in [5, 5.41) is 11.7. The predicted molar refractivity (Wildman–Crippen MR) is 147 cm³/mol. The van der Waals surface area contributed by atoms with Crippen LogP contribution in [-0.4, -0.2) is 102 Å². The molecule has 9 atom stereocenters. The van der Waals surface area contributed by atoms with Crippen LogP contribution >= 0.6 is 7.82 Å². The number of aromatic nitrogens is 7. The number of hydrogen-bond acceptors (Lipinski definition) is 16. The van der Waals surface area contributed by atoms with Gasteiger partial charge in [0.05, 0.1) is 24.4 Å². The smallest absolute Gasteiger partial charge is 0.386 e. The number of imidazole rings is 1. The molecule has 0 spiro atoms. The number of nitrogens with zero attached hydrogens (tertiary/aromatic N) is 7. The van der Waals surface area contributed by atoms with E-state index in [1.54, 1.807) is 6.07 Å². The van der Waals surface area contributed by atoms with Crippen LogP contribution in [0.3, 0.4) is 0 Å². The van der Waals surface area contributed by atoms with E-state index in [-0.39, 0.29) is 29.2 Å². The molecule has 3 aliphatic heterocycles. The van der Waals surface area contributed by atoms with E-state index in [1.807, 2.05) is 0 Å². The third-order valence-electron chi connectivity index (χ3n) is 7.66. The van der Waals surface area contributed by atoms with E-state index >= 15 is 4.39 Å². The van der Waals surface area contributed by atoms with Gasteiger partial charge < -0.3 is 35.5 Å². The number of phosphoric ester groups is 1. The Morgan fingerprint density at radius 2 is 1.73 bits per heavy atom. The van der Waals surface area contributed by atoms with Crippen LogP contribution in [0.1, 0.15) is 18.9 Å². The number of alkyl halides is 1. The van der Waals surface area contributed by atoms with Crippen LogP contribution in [0.5, 0.6) is 0 Å². The van der Waals surface area contributed by atoms with Crippen molar-refractivity contribution in [1.29, 1.82) is 0 Å². The van der Waals surface area contributed by atoms with Crippen LogP contribution in [-0.2, 0) is 37.6 Å². The lowest BCUT2D eigenvalue weighted by Gasteiger charge is -2.22. The molecule has 0 aliphatic carbocycles. The molecule has 7 N–H and O–H groups in total. The standard InChI is InChI=1S/C22H26FN10O10PS/c23-12-15-11(41-21(12)33-8-30-13-18(25)27-7-29-20(13)33)5-31-45(37,38)43-16-10(2-4-39-44(35,36)42-15)40-22(14(16)34)32-3-1-9-17(24)26-6-28-19(9)32/h1,3,6-8,10-12,14-16,21-22,31,34H,2,4-5H2,(H,35,36)(H2,24,26,28)(H2,25,27,29)/t10-,11-,12-,14-,15-,16-,21-,22-/m1/s1. The lowest BCUT2D eigenvalue weighted by atomic mass is 10.1. The zero-order valence-corrected chi connectivity index (χ0v) is 24.5. The minimum atomic E-state index is -4.97. The Balaban J connectivity index is 1.16. The summed E-state index contributed by atoms with van der Waals surface area (Å²) in [6.07, 6.45) is -7.61. The van der Waals surface area contributed by atoms with E-state index in [0.717, 1.165) is 6.33 Å². The number of hydrogen-bond donors (Lipinski definition) is 5. The number of fused-ring (bicyclic) bond motifs is 4. The largest absolute Gasteiger partial charge is 0.472 e. The fourth-order valence-corrected chi connectivity index (χ4v) is 7.52. The van der Waals surface area contributed by atoms with Crippen LogP contribution in [0.4, 0.5) is 16.0 Å². The van der Waals surface area contributed by atoms with Gasteiger partial charge in [-0.25, -0.2) is 38.1 Å². The molecule has 3 saturated heterocycles. The molecular formula is C22H26FN10O10PS. The molecule has 0 radical (unpaired) electrons. The Kier molecular flexibility index (Phi) is 7.47.